The van der Waals surface area contributed by atoms with Crippen molar-refractivity contribution in [3.8, 4) is 0 Å². The van der Waals surface area contributed by atoms with E-state index in [2.05, 4.69) is 44.8 Å². The molecule has 0 amide bonds. The fourth-order valence-electron chi connectivity index (χ4n) is 3.47. The Morgan fingerprint density at radius 1 is 1.30 bits per heavy atom. The van der Waals surface area contributed by atoms with E-state index in [1.807, 2.05) is 0 Å². The molecule has 1 aliphatic carbocycles. The van der Waals surface area contributed by atoms with Crippen LogP contribution in [0.5, 0.6) is 0 Å². The van der Waals surface area contributed by atoms with Crippen molar-refractivity contribution >= 4 is 0 Å². The molecular weight excluding hydrogens is 248 g/mol. The second kappa shape index (κ2) is 6.33. The number of hydrogen-bond acceptors (Lipinski definition) is 3. The fourth-order valence-corrected chi connectivity index (χ4v) is 3.47. The molecule has 0 aromatic rings. The third-order valence-corrected chi connectivity index (χ3v) is 5.25. The molecule has 0 aromatic carbocycles. The fraction of sp³-hybridized carbons (Fsp3) is 1.00. The predicted molar refractivity (Wildman–Crippen MR) is 85.1 cm³/mol. The molecule has 0 radical (unpaired) electrons. The molecule has 1 aliphatic heterocycles. The summed E-state index contributed by atoms with van der Waals surface area (Å²) in [4.78, 5) is 2.76. The van der Waals surface area contributed by atoms with Gasteiger partial charge in [0.25, 0.3) is 0 Å². The summed E-state index contributed by atoms with van der Waals surface area (Å²) >= 11 is 0. The Labute approximate surface area is 125 Å². The van der Waals surface area contributed by atoms with Crippen molar-refractivity contribution in [3.63, 3.8) is 0 Å². The van der Waals surface area contributed by atoms with Crippen LogP contribution in [-0.2, 0) is 4.74 Å². The Balaban J connectivity index is 1.96. The van der Waals surface area contributed by atoms with Gasteiger partial charge in [0.05, 0.1) is 0 Å². The summed E-state index contributed by atoms with van der Waals surface area (Å²) in [5.74, 6) is 0.906. The number of nitrogens with one attached hydrogen (secondary N) is 1. The van der Waals surface area contributed by atoms with Crippen molar-refractivity contribution < 1.29 is 4.74 Å². The van der Waals surface area contributed by atoms with Crippen LogP contribution in [0, 0.1) is 11.3 Å². The molecule has 20 heavy (non-hydrogen) atoms. The molecule has 2 rings (SSSR count). The van der Waals surface area contributed by atoms with E-state index < -0.39 is 0 Å². The lowest BCUT2D eigenvalue weighted by Crippen LogP contribution is -2.67. The van der Waals surface area contributed by atoms with Gasteiger partial charge in [-0.25, -0.2) is 0 Å². The lowest BCUT2D eigenvalue weighted by Gasteiger charge is -2.51. The molecule has 3 heteroatoms. The summed E-state index contributed by atoms with van der Waals surface area (Å²) in [6.07, 6.45) is 3.99. The molecule has 3 nitrogen and oxygen atoms in total. The molecule has 2 unspecified atom stereocenters. The molecule has 0 aromatic heterocycles. The Hall–Kier alpha value is -0.120. The smallest absolute Gasteiger partial charge is 0.0478 e. The Bertz CT molecular complexity index is 309. The molecule has 1 saturated carbocycles. The lowest BCUT2D eigenvalue weighted by molar-refractivity contribution is 0.00401. The molecule has 1 N–H and O–H groups in total. The zero-order valence-electron chi connectivity index (χ0n) is 14.2. The minimum absolute atomic E-state index is 0.336. The van der Waals surface area contributed by atoms with Crippen molar-refractivity contribution in [2.45, 2.75) is 65.5 Å². The summed E-state index contributed by atoms with van der Waals surface area (Å²) in [6.45, 7) is 16.9. The molecule has 118 valence electrons. The summed E-state index contributed by atoms with van der Waals surface area (Å²) in [5, 5.41) is 3.83. The highest BCUT2D eigenvalue weighted by Gasteiger charge is 2.49. The predicted octanol–water partition coefficient (Wildman–Crippen LogP) is 2.90. The van der Waals surface area contributed by atoms with Crippen LogP contribution >= 0.6 is 0 Å². The van der Waals surface area contributed by atoms with E-state index in [1.54, 1.807) is 0 Å². The van der Waals surface area contributed by atoms with E-state index >= 15 is 0 Å². The van der Waals surface area contributed by atoms with E-state index in [0.29, 0.717) is 17.0 Å². The van der Waals surface area contributed by atoms with E-state index in [0.717, 1.165) is 32.1 Å². The Morgan fingerprint density at radius 2 is 2.00 bits per heavy atom. The minimum atomic E-state index is 0.336. The zero-order chi connectivity index (χ0) is 14.8. The maximum atomic E-state index is 5.52. The van der Waals surface area contributed by atoms with Crippen LogP contribution < -0.4 is 5.32 Å². The zero-order valence-corrected chi connectivity index (χ0v) is 14.2. The van der Waals surface area contributed by atoms with Gasteiger partial charge in [0.1, 0.15) is 0 Å². The lowest BCUT2D eigenvalue weighted by atomic mass is 9.81. The molecule has 2 atom stereocenters. The van der Waals surface area contributed by atoms with Crippen LogP contribution in [0.15, 0.2) is 0 Å². The maximum absolute atomic E-state index is 5.52. The minimum Gasteiger partial charge on any atom is -0.382 e. The molecule has 1 saturated heterocycles. The summed E-state index contributed by atoms with van der Waals surface area (Å²) in [7, 11) is 0. The second-order valence-corrected chi connectivity index (χ2v) is 7.93. The van der Waals surface area contributed by atoms with E-state index in [9.17, 15) is 0 Å². The van der Waals surface area contributed by atoms with Gasteiger partial charge in [0.2, 0.25) is 0 Å². The molecular formula is C17H34N2O. The monoisotopic (exact) mass is 282 g/mol. The number of ether oxygens (including phenoxy) is 1. The van der Waals surface area contributed by atoms with Gasteiger partial charge in [0, 0.05) is 44.4 Å². The van der Waals surface area contributed by atoms with Gasteiger partial charge in [-0.3, -0.25) is 4.90 Å². The third-order valence-electron chi connectivity index (χ3n) is 5.25. The van der Waals surface area contributed by atoms with Crippen LogP contribution in [0.3, 0.4) is 0 Å². The quantitative estimate of drug-likeness (QED) is 0.758. The van der Waals surface area contributed by atoms with Crippen LogP contribution in [-0.4, -0.2) is 49.3 Å². The first-order valence-electron chi connectivity index (χ1n) is 8.44. The highest BCUT2D eigenvalue weighted by atomic mass is 16.5. The molecule has 1 heterocycles. The van der Waals surface area contributed by atoms with Crippen molar-refractivity contribution in [1.82, 2.24) is 10.2 Å². The van der Waals surface area contributed by atoms with Gasteiger partial charge in [0.15, 0.2) is 0 Å². The maximum Gasteiger partial charge on any atom is 0.0478 e. The van der Waals surface area contributed by atoms with Crippen LogP contribution in [0.1, 0.15) is 53.9 Å². The largest absolute Gasteiger partial charge is 0.382 e. The van der Waals surface area contributed by atoms with Crippen LogP contribution in [0.4, 0.5) is 0 Å². The van der Waals surface area contributed by atoms with Crippen molar-refractivity contribution in [2.75, 3.05) is 32.8 Å². The molecule has 2 fully saturated rings. The summed E-state index contributed by atoms with van der Waals surface area (Å²) in [5.41, 5.74) is 0.705. The number of piperazine rings is 1. The highest BCUT2D eigenvalue weighted by molar-refractivity contribution is 5.06. The van der Waals surface area contributed by atoms with E-state index in [-0.39, 0.29) is 0 Å². The first-order chi connectivity index (χ1) is 9.38. The second-order valence-electron chi connectivity index (χ2n) is 7.93. The van der Waals surface area contributed by atoms with Crippen molar-refractivity contribution in [2.24, 2.45) is 11.3 Å². The standard InChI is InChI=1S/C17H34N2O/c1-6-20-11-7-10-19-12-15(16(2,3)4)18-13-17(19,5)14-8-9-14/h14-15,18H,6-13H2,1-5H3. The average Bonchev–Trinajstić information content (AvgIpc) is 3.19. The van der Waals surface area contributed by atoms with Crippen LogP contribution in [0.25, 0.3) is 0 Å². The third kappa shape index (κ3) is 3.75. The van der Waals surface area contributed by atoms with Crippen molar-refractivity contribution in [3.05, 3.63) is 0 Å². The van der Waals surface area contributed by atoms with Gasteiger partial charge in [-0.1, -0.05) is 20.8 Å². The van der Waals surface area contributed by atoms with Gasteiger partial charge in [-0.2, -0.15) is 0 Å². The Morgan fingerprint density at radius 3 is 2.55 bits per heavy atom. The number of nitrogens with zero attached hydrogens (tertiary/aromatic N) is 1. The van der Waals surface area contributed by atoms with Gasteiger partial charge < -0.3 is 10.1 Å². The first kappa shape index (κ1) is 16.3. The van der Waals surface area contributed by atoms with Gasteiger partial charge in [-0.05, 0) is 44.4 Å². The topological polar surface area (TPSA) is 24.5 Å². The van der Waals surface area contributed by atoms with E-state index in [4.69, 9.17) is 4.74 Å². The summed E-state index contributed by atoms with van der Waals surface area (Å²) < 4.78 is 5.52. The van der Waals surface area contributed by atoms with E-state index in [1.165, 1.54) is 25.9 Å². The normalized spacial score (nSPS) is 32.5. The number of hydrogen-bond donors (Lipinski definition) is 1. The first-order valence-corrected chi connectivity index (χ1v) is 8.44. The number of rotatable bonds is 6. The highest BCUT2D eigenvalue weighted by Crippen LogP contribution is 2.44. The summed E-state index contributed by atoms with van der Waals surface area (Å²) in [6, 6.07) is 0.599. The molecule has 2 aliphatic rings. The van der Waals surface area contributed by atoms with Gasteiger partial charge >= 0.3 is 0 Å². The van der Waals surface area contributed by atoms with Crippen LogP contribution in [0.2, 0.25) is 0 Å². The van der Waals surface area contributed by atoms with Crippen molar-refractivity contribution in [1.29, 1.82) is 0 Å². The van der Waals surface area contributed by atoms with Gasteiger partial charge in [-0.15, -0.1) is 0 Å². The molecule has 0 spiro atoms. The average molecular weight is 282 g/mol. The SMILES string of the molecule is CCOCCCN1CC(C(C)(C)C)NCC1(C)C1CC1. The Kier molecular flexibility index (Phi) is 5.14. The molecule has 0 bridgehead atoms.